The predicted octanol–water partition coefficient (Wildman–Crippen LogP) is 20.0. The molecule has 0 saturated carbocycles. The molecule has 0 saturated heterocycles. The lowest BCUT2D eigenvalue weighted by Crippen LogP contribution is -2.15. The van der Waals surface area contributed by atoms with Crippen molar-refractivity contribution in [2.45, 2.75) is 335 Å². The largest absolute Gasteiger partial charge is 0.330 e. The molecule has 2 unspecified atom stereocenters. The molecule has 0 amide bonds. The highest BCUT2D eigenvalue weighted by molar-refractivity contribution is 7.40. The van der Waals surface area contributed by atoms with Gasteiger partial charge in [-0.05, 0) is 25.7 Å². The fraction of sp³-hybridized carbons (Fsp3) is 1.00. The van der Waals surface area contributed by atoms with Gasteiger partial charge in [0.1, 0.15) is 0 Å². The SMILES string of the molecule is CCCCCCCCCCCCCC(CCCCCCCCCCCC)OP(O)OC(CCCCCCCCCCCC)CCCCCCCCCCCCC. The second kappa shape index (κ2) is 49.7. The highest BCUT2D eigenvalue weighted by Gasteiger charge is 2.21. The highest BCUT2D eigenvalue weighted by Crippen LogP contribution is 2.40. The van der Waals surface area contributed by atoms with E-state index in [-0.39, 0.29) is 12.2 Å². The molecule has 0 aromatic carbocycles. The molecule has 0 aliphatic heterocycles. The van der Waals surface area contributed by atoms with Crippen LogP contribution in [-0.2, 0) is 9.05 Å². The molecule has 338 valence electrons. The zero-order valence-electron chi connectivity index (χ0n) is 39.4. The molecule has 0 fully saturated rings. The van der Waals surface area contributed by atoms with Crippen molar-refractivity contribution in [1.29, 1.82) is 0 Å². The van der Waals surface area contributed by atoms with Crippen LogP contribution in [0, 0.1) is 0 Å². The maximum atomic E-state index is 11.3. The van der Waals surface area contributed by atoms with Crippen LogP contribution in [0.25, 0.3) is 0 Å². The Labute approximate surface area is 356 Å². The van der Waals surface area contributed by atoms with E-state index in [1.807, 2.05) is 0 Å². The van der Waals surface area contributed by atoms with E-state index in [1.165, 1.54) is 270 Å². The first-order chi connectivity index (χ1) is 27.7. The molecular weight excluding hydrogens is 704 g/mol. The molecule has 0 heterocycles. The summed E-state index contributed by atoms with van der Waals surface area (Å²) in [5.74, 6) is 0. The molecule has 4 heteroatoms. The minimum Gasteiger partial charge on any atom is -0.328 e. The zero-order valence-corrected chi connectivity index (χ0v) is 40.3. The first-order valence-corrected chi connectivity index (χ1v) is 27.6. The Morgan fingerprint density at radius 3 is 0.554 bits per heavy atom. The fourth-order valence-corrected chi connectivity index (χ4v) is 9.55. The number of rotatable bonds is 50. The van der Waals surface area contributed by atoms with Crippen LogP contribution in [-0.4, -0.2) is 17.1 Å². The van der Waals surface area contributed by atoms with Gasteiger partial charge >= 0.3 is 8.60 Å². The Balaban J connectivity index is 4.80. The Bertz CT molecular complexity index is 633. The van der Waals surface area contributed by atoms with E-state index in [0.717, 1.165) is 25.7 Å². The smallest absolute Gasteiger partial charge is 0.328 e. The van der Waals surface area contributed by atoms with Crippen molar-refractivity contribution in [3.05, 3.63) is 0 Å². The fourth-order valence-electron chi connectivity index (χ4n) is 8.57. The summed E-state index contributed by atoms with van der Waals surface area (Å²) in [5, 5.41) is 0. The van der Waals surface area contributed by atoms with Crippen molar-refractivity contribution < 1.29 is 13.9 Å². The van der Waals surface area contributed by atoms with Gasteiger partial charge in [-0.1, -0.05) is 297 Å². The van der Waals surface area contributed by atoms with Gasteiger partial charge in [-0.3, -0.25) is 0 Å². The van der Waals surface area contributed by atoms with Crippen LogP contribution in [0.2, 0.25) is 0 Å². The van der Waals surface area contributed by atoms with E-state index in [9.17, 15) is 4.89 Å². The third-order valence-corrected chi connectivity index (χ3v) is 13.5. The number of hydrogen-bond acceptors (Lipinski definition) is 3. The molecule has 3 nitrogen and oxygen atoms in total. The normalized spacial score (nSPS) is 13.4. The summed E-state index contributed by atoms with van der Waals surface area (Å²) < 4.78 is 12.9. The number of unbranched alkanes of at least 4 members (excludes halogenated alkanes) is 38. The summed E-state index contributed by atoms with van der Waals surface area (Å²) in [6.45, 7) is 9.22. The van der Waals surface area contributed by atoms with Gasteiger partial charge in [-0.25, -0.2) is 0 Å². The van der Waals surface area contributed by atoms with E-state index < -0.39 is 8.60 Å². The van der Waals surface area contributed by atoms with Gasteiger partial charge < -0.3 is 13.9 Å². The predicted molar refractivity (Wildman–Crippen MR) is 254 cm³/mol. The quantitative estimate of drug-likeness (QED) is 0.0491. The lowest BCUT2D eigenvalue weighted by atomic mass is 10.0. The second-order valence-electron chi connectivity index (χ2n) is 18.3. The van der Waals surface area contributed by atoms with Crippen molar-refractivity contribution >= 4 is 8.60 Å². The van der Waals surface area contributed by atoms with Crippen LogP contribution in [0.1, 0.15) is 323 Å². The third-order valence-electron chi connectivity index (χ3n) is 12.5. The average Bonchev–Trinajstić information content (AvgIpc) is 3.20. The maximum Gasteiger partial charge on any atom is 0.330 e. The van der Waals surface area contributed by atoms with Crippen molar-refractivity contribution in [1.82, 2.24) is 0 Å². The summed E-state index contributed by atoms with van der Waals surface area (Å²) in [7, 11) is -1.81. The molecule has 0 aromatic heterocycles. The summed E-state index contributed by atoms with van der Waals surface area (Å²) in [6.07, 6.45) is 62.1. The molecular formula is C52H107O3P. The van der Waals surface area contributed by atoms with Crippen molar-refractivity contribution in [3.63, 3.8) is 0 Å². The highest BCUT2D eigenvalue weighted by atomic mass is 31.2. The van der Waals surface area contributed by atoms with Crippen LogP contribution in [0.3, 0.4) is 0 Å². The molecule has 0 aromatic rings. The van der Waals surface area contributed by atoms with Crippen LogP contribution in [0.15, 0.2) is 0 Å². The van der Waals surface area contributed by atoms with Gasteiger partial charge in [0.2, 0.25) is 0 Å². The minimum absolute atomic E-state index is 0.152. The summed E-state index contributed by atoms with van der Waals surface area (Å²) in [4.78, 5) is 11.3. The van der Waals surface area contributed by atoms with Crippen molar-refractivity contribution in [3.8, 4) is 0 Å². The van der Waals surface area contributed by atoms with Crippen molar-refractivity contribution in [2.24, 2.45) is 0 Å². The lowest BCUT2D eigenvalue weighted by molar-refractivity contribution is 0.0892. The molecule has 2 atom stereocenters. The topological polar surface area (TPSA) is 38.7 Å². The average molecular weight is 811 g/mol. The standard InChI is InChI=1S/C52H107O3P/c1-5-9-13-17-21-25-29-33-37-41-45-49-51(47-43-39-35-31-27-23-19-15-11-7-3)54-56(53)55-52(48-44-40-36-32-28-24-20-16-12-8-4)50-46-42-38-34-30-26-22-18-14-10-6-2/h51-53H,5-50H2,1-4H3. The van der Waals surface area contributed by atoms with E-state index in [4.69, 9.17) is 9.05 Å². The van der Waals surface area contributed by atoms with Gasteiger partial charge in [0.25, 0.3) is 0 Å². The van der Waals surface area contributed by atoms with Gasteiger partial charge in [-0.2, -0.15) is 0 Å². The van der Waals surface area contributed by atoms with Gasteiger partial charge in [0, 0.05) is 0 Å². The van der Waals surface area contributed by atoms with Crippen LogP contribution >= 0.6 is 8.60 Å². The molecule has 0 radical (unpaired) electrons. The van der Waals surface area contributed by atoms with Crippen LogP contribution in [0.5, 0.6) is 0 Å². The summed E-state index contributed by atoms with van der Waals surface area (Å²) >= 11 is 0. The van der Waals surface area contributed by atoms with E-state index in [2.05, 4.69) is 27.7 Å². The molecule has 1 N–H and O–H groups in total. The monoisotopic (exact) mass is 811 g/mol. The Morgan fingerprint density at radius 2 is 0.393 bits per heavy atom. The van der Waals surface area contributed by atoms with E-state index in [0.29, 0.717) is 0 Å². The molecule has 0 spiro atoms. The Kier molecular flexibility index (Phi) is 49.9. The Hall–Kier alpha value is 0.310. The first kappa shape index (κ1) is 56.3. The summed E-state index contributed by atoms with van der Waals surface area (Å²) in [6, 6.07) is 0. The van der Waals surface area contributed by atoms with Gasteiger partial charge in [0.15, 0.2) is 0 Å². The molecule has 0 bridgehead atoms. The number of hydrogen-bond donors (Lipinski definition) is 1. The van der Waals surface area contributed by atoms with E-state index >= 15 is 0 Å². The van der Waals surface area contributed by atoms with Crippen LogP contribution in [0.4, 0.5) is 0 Å². The zero-order chi connectivity index (χ0) is 40.7. The first-order valence-electron chi connectivity index (χ1n) is 26.5. The maximum absolute atomic E-state index is 11.3. The molecule has 0 aliphatic rings. The Morgan fingerprint density at radius 1 is 0.250 bits per heavy atom. The molecule has 56 heavy (non-hydrogen) atoms. The summed E-state index contributed by atoms with van der Waals surface area (Å²) in [5.41, 5.74) is 0. The molecule has 0 aliphatic carbocycles. The van der Waals surface area contributed by atoms with Gasteiger partial charge in [0.05, 0.1) is 12.2 Å². The molecule has 0 rings (SSSR count). The second-order valence-corrected chi connectivity index (χ2v) is 19.2. The third kappa shape index (κ3) is 45.4. The van der Waals surface area contributed by atoms with E-state index in [1.54, 1.807) is 0 Å². The van der Waals surface area contributed by atoms with Gasteiger partial charge in [-0.15, -0.1) is 0 Å². The van der Waals surface area contributed by atoms with Crippen LogP contribution < -0.4 is 0 Å². The minimum atomic E-state index is -1.81. The lowest BCUT2D eigenvalue weighted by Gasteiger charge is -2.24. The van der Waals surface area contributed by atoms with Crippen molar-refractivity contribution in [2.75, 3.05) is 0 Å².